The van der Waals surface area contributed by atoms with Crippen LogP contribution in [0.15, 0.2) is 18.2 Å². The Morgan fingerprint density at radius 2 is 2.19 bits per heavy atom. The molecule has 0 amide bonds. The summed E-state index contributed by atoms with van der Waals surface area (Å²) in [7, 11) is 1.41. The van der Waals surface area contributed by atoms with E-state index in [9.17, 15) is 14.0 Å². The van der Waals surface area contributed by atoms with E-state index in [1.54, 1.807) is 0 Å². The molecule has 1 fully saturated rings. The monoisotopic (exact) mass is 247 g/mol. The number of rotatable bonds is 1. The largest absolute Gasteiger partial charge is 0.633 e. The van der Waals surface area contributed by atoms with Gasteiger partial charge in [-0.2, -0.15) is 0 Å². The second-order valence-electron chi connectivity index (χ2n) is 4.50. The van der Waals surface area contributed by atoms with Crippen molar-refractivity contribution in [1.29, 1.82) is 0 Å². The molecule has 1 aliphatic heterocycles. The fourth-order valence-corrected chi connectivity index (χ4v) is 2.47. The zero-order valence-electron chi connectivity index (χ0n) is 8.84. The van der Waals surface area contributed by atoms with Crippen LogP contribution in [0.2, 0.25) is 5.02 Å². The first-order valence-corrected chi connectivity index (χ1v) is 5.41. The molecule has 16 heavy (non-hydrogen) atoms. The minimum atomic E-state index is -1.81. The number of hydrogen-bond donors (Lipinski definition) is 0. The summed E-state index contributed by atoms with van der Waals surface area (Å²) in [6.07, 6.45) is 0.0795. The first-order chi connectivity index (χ1) is 7.34. The van der Waals surface area contributed by atoms with Gasteiger partial charge in [-0.1, -0.05) is 23.7 Å². The highest BCUT2D eigenvalue weighted by Crippen LogP contribution is 2.42. The fourth-order valence-electron chi connectivity index (χ4n) is 2.17. The predicted octanol–water partition coefficient (Wildman–Crippen LogP) is 2.99. The maximum absolute atomic E-state index is 14.5. The van der Waals surface area contributed by atoms with E-state index in [0.717, 1.165) is 0 Å². The van der Waals surface area contributed by atoms with Crippen LogP contribution >= 0.6 is 11.6 Å². The lowest BCUT2D eigenvalue weighted by molar-refractivity contribution is -0.850. The van der Waals surface area contributed by atoms with Gasteiger partial charge in [0, 0.05) is 12.0 Å². The first kappa shape index (κ1) is 11.8. The van der Waals surface area contributed by atoms with Crippen LogP contribution < -0.4 is 0 Å². The number of halogens is 3. The van der Waals surface area contributed by atoms with Gasteiger partial charge in [-0.05, 0) is 6.07 Å². The second-order valence-corrected chi connectivity index (χ2v) is 4.87. The average molecular weight is 248 g/mol. The summed E-state index contributed by atoms with van der Waals surface area (Å²) in [5.41, 5.74) is -1.72. The molecule has 1 aromatic carbocycles. The Morgan fingerprint density at radius 1 is 1.50 bits per heavy atom. The van der Waals surface area contributed by atoms with Crippen molar-refractivity contribution in [3.05, 3.63) is 39.8 Å². The van der Waals surface area contributed by atoms with Gasteiger partial charge in [0.25, 0.3) is 0 Å². The zero-order valence-corrected chi connectivity index (χ0v) is 9.60. The number of benzene rings is 1. The molecule has 1 heterocycles. The normalized spacial score (nSPS) is 34.3. The van der Waals surface area contributed by atoms with E-state index in [0.29, 0.717) is 0 Å². The van der Waals surface area contributed by atoms with Crippen LogP contribution in [-0.4, -0.2) is 24.8 Å². The molecule has 0 aliphatic carbocycles. The number of quaternary nitrogens is 1. The Bertz CT molecular complexity index is 424. The van der Waals surface area contributed by atoms with Crippen molar-refractivity contribution < 1.29 is 13.4 Å². The lowest BCUT2D eigenvalue weighted by Gasteiger charge is -2.34. The molecule has 0 N–H and O–H groups in total. The maximum Gasteiger partial charge on any atom is 0.191 e. The van der Waals surface area contributed by atoms with Gasteiger partial charge in [-0.25, -0.2) is 8.78 Å². The standard InChI is InChI=1S/C11H12ClF2NO/c1-15(16)6-5-11(14,7-15)8-3-2-4-9(13)10(8)12/h2-4H,5-7H2,1H3. The third-order valence-electron chi connectivity index (χ3n) is 3.00. The number of alkyl halides is 1. The summed E-state index contributed by atoms with van der Waals surface area (Å²) in [6, 6.07) is 4.03. The number of likely N-dealkylation sites (N-methyl/N-ethyl adjacent to an activating group) is 1. The summed E-state index contributed by atoms with van der Waals surface area (Å²) < 4.78 is 27.1. The van der Waals surface area contributed by atoms with Crippen LogP contribution in [0.25, 0.3) is 0 Å². The molecular weight excluding hydrogens is 236 g/mol. The van der Waals surface area contributed by atoms with Crippen LogP contribution in [-0.2, 0) is 5.67 Å². The van der Waals surface area contributed by atoms with Crippen molar-refractivity contribution in [3.63, 3.8) is 0 Å². The van der Waals surface area contributed by atoms with Gasteiger partial charge in [0.1, 0.15) is 12.4 Å². The molecule has 0 bridgehead atoms. The van der Waals surface area contributed by atoms with E-state index in [4.69, 9.17) is 11.6 Å². The number of hydroxylamine groups is 3. The molecule has 2 atom stereocenters. The summed E-state index contributed by atoms with van der Waals surface area (Å²) in [5, 5.41) is 11.4. The number of likely N-dealkylation sites (tertiary alicyclic amines) is 1. The van der Waals surface area contributed by atoms with Crippen LogP contribution in [0.5, 0.6) is 0 Å². The molecule has 0 radical (unpaired) electrons. The Labute approximate surface area is 97.6 Å². The summed E-state index contributed by atoms with van der Waals surface area (Å²) in [6.45, 7) is -0.0283. The Morgan fingerprint density at radius 3 is 2.75 bits per heavy atom. The molecule has 0 spiro atoms. The number of nitrogens with zero attached hydrogens (tertiary/aromatic N) is 1. The van der Waals surface area contributed by atoms with Crippen molar-refractivity contribution in [2.24, 2.45) is 0 Å². The highest BCUT2D eigenvalue weighted by atomic mass is 35.5. The lowest BCUT2D eigenvalue weighted by Crippen LogP contribution is -2.37. The Balaban J connectivity index is 2.42. The van der Waals surface area contributed by atoms with Crippen molar-refractivity contribution in [2.45, 2.75) is 12.1 Å². The van der Waals surface area contributed by atoms with Gasteiger partial charge < -0.3 is 9.85 Å². The number of hydrogen-bond acceptors (Lipinski definition) is 1. The molecule has 0 aromatic heterocycles. The van der Waals surface area contributed by atoms with Gasteiger partial charge >= 0.3 is 0 Å². The van der Waals surface area contributed by atoms with Crippen molar-refractivity contribution >= 4 is 11.6 Å². The Kier molecular flexibility index (Phi) is 2.69. The topological polar surface area (TPSA) is 23.1 Å². The molecule has 1 aliphatic rings. The second kappa shape index (κ2) is 3.65. The van der Waals surface area contributed by atoms with Crippen LogP contribution in [0.3, 0.4) is 0 Å². The molecule has 0 saturated carbocycles. The van der Waals surface area contributed by atoms with E-state index in [2.05, 4.69) is 0 Å². The minimum Gasteiger partial charge on any atom is -0.633 e. The van der Waals surface area contributed by atoms with E-state index >= 15 is 0 Å². The summed E-state index contributed by atoms with van der Waals surface area (Å²) in [5.74, 6) is -0.650. The van der Waals surface area contributed by atoms with E-state index < -0.39 is 16.1 Å². The highest BCUT2D eigenvalue weighted by molar-refractivity contribution is 6.31. The molecule has 2 rings (SSSR count). The van der Waals surface area contributed by atoms with Gasteiger partial charge in [-0.3, -0.25) is 0 Å². The summed E-state index contributed by atoms with van der Waals surface area (Å²) >= 11 is 5.73. The maximum atomic E-state index is 14.5. The Hall–Kier alpha value is -0.710. The smallest absolute Gasteiger partial charge is 0.191 e. The molecule has 5 heteroatoms. The van der Waals surface area contributed by atoms with E-state index in [1.807, 2.05) is 0 Å². The average Bonchev–Trinajstić information content (AvgIpc) is 2.46. The predicted molar refractivity (Wildman–Crippen MR) is 58.1 cm³/mol. The molecule has 1 saturated heterocycles. The SMILES string of the molecule is C[N+]1([O-])CCC(F)(c2cccc(F)c2Cl)C1. The molecule has 88 valence electrons. The fraction of sp³-hybridized carbons (Fsp3) is 0.455. The van der Waals surface area contributed by atoms with Crippen molar-refractivity contribution in [3.8, 4) is 0 Å². The zero-order chi connectivity index (χ0) is 12.0. The molecule has 2 unspecified atom stereocenters. The molecular formula is C11H12ClF2NO. The van der Waals surface area contributed by atoms with Crippen LogP contribution in [0.4, 0.5) is 8.78 Å². The van der Waals surface area contributed by atoms with Crippen LogP contribution in [0.1, 0.15) is 12.0 Å². The van der Waals surface area contributed by atoms with E-state index in [1.165, 1.54) is 25.2 Å². The molecule has 1 aromatic rings. The lowest BCUT2D eigenvalue weighted by atomic mass is 9.95. The van der Waals surface area contributed by atoms with Crippen LogP contribution in [0, 0.1) is 11.0 Å². The van der Waals surface area contributed by atoms with Gasteiger partial charge in [0.2, 0.25) is 0 Å². The van der Waals surface area contributed by atoms with Gasteiger partial charge in [-0.15, -0.1) is 0 Å². The highest BCUT2D eigenvalue weighted by Gasteiger charge is 2.46. The van der Waals surface area contributed by atoms with Crippen molar-refractivity contribution in [2.75, 3.05) is 20.1 Å². The first-order valence-electron chi connectivity index (χ1n) is 5.03. The third-order valence-corrected chi connectivity index (χ3v) is 3.38. The summed E-state index contributed by atoms with van der Waals surface area (Å²) in [4.78, 5) is 0. The van der Waals surface area contributed by atoms with E-state index in [-0.39, 0.29) is 30.1 Å². The van der Waals surface area contributed by atoms with Crippen molar-refractivity contribution in [1.82, 2.24) is 0 Å². The van der Waals surface area contributed by atoms with Gasteiger partial charge in [0.15, 0.2) is 5.67 Å². The molecule has 2 nitrogen and oxygen atoms in total. The third kappa shape index (κ3) is 1.93. The van der Waals surface area contributed by atoms with Gasteiger partial charge in [0.05, 0.1) is 18.6 Å². The quantitative estimate of drug-likeness (QED) is 0.553. The minimum absolute atomic E-state index is 0.0795.